The average Bonchev–Trinajstić information content (AvgIpc) is 3.12. The van der Waals surface area contributed by atoms with Gasteiger partial charge in [-0.15, -0.1) is 35.3 Å². The van der Waals surface area contributed by atoms with Gasteiger partial charge in [-0.05, 0) is 30.0 Å². The number of benzene rings is 1. The number of hydrogen-bond donors (Lipinski definition) is 2. The lowest BCUT2D eigenvalue weighted by Crippen LogP contribution is -2.33. The zero-order valence-electron chi connectivity index (χ0n) is 14.6. The summed E-state index contributed by atoms with van der Waals surface area (Å²) < 4.78 is 16.1. The number of guanidine groups is 1. The predicted molar refractivity (Wildman–Crippen MR) is 113 cm³/mol. The number of nitrogens with two attached hydrogens (primary N) is 1. The fraction of sp³-hybridized carbons (Fsp3) is 0.353. The molecule has 0 saturated carbocycles. The summed E-state index contributed by atoms with van der Waals surface area (Å²) in [7, 11) is 4.76. The second-order valence-electron chi connectivity index (χ2n) is 4.95. The molecule has 2 aromatic rings. The molecule has 138 valence electrons. The number of nitrogens with one attached hydrogen (secondary N) is 1. The molecule has 0 unspecified atom stereocenters. The van der Waals surface area contributed by atoms with E-state index < -0.39 is 0 Å². The summed E-state index contributed by atoms with van der Waals surface area (Å²) in [6, 6.07) is 7.87. The first-order chi connectivity index (χ1) is 11.7. The van der Waals surface area contributed by atoms with Crippen molar-refractivity contribution in [3.05, 3.63) is 40.1 Å². The van der Waals surface area contributed by atoms with Crippen LogP contribution in [-0.4, -0.2) is 33.8 Å². The summed E-state index contributed by atoms with van der Waals surface area (Å²) in [4.78, 5) is 5.68. The van der Waals surface area contributed by atoms with E-state index in [4.69, 9.17) is 19.9 Å². The van der Waals surface area contributed by atoms with Gasteiger partial charge in [-0.3, -0.25) is 0 Å². The summed E-state index contributed by atoms with van der Waals surface area (Å²) in [5.74, 6) is 2.18. The van der Waals surface area contributed by atoms with E-state index >= 15 is 0 Å². The van der Waals surface area contributed by atoms with Crippen molar-refractivity contribution < 1.29 is 14.2 Å². The fourth-order valence-electron chi connectivity index (χ4n) is 2.28. The Morgan fingerprint density at radius 3 is 2.48 bits per heavy atom. The van der Waals surface area contributed by atoms with Crippen molar-refractivity contribution in [2.75, 3.05) is 27.9 Å². The number of aliphatic imine (C=N–C) groups is 1. The van der Waals surface area contributed by atoms with Gasteiger partial charge in [0.1, 0.15) is 0 Å². The van der Waals surface area contributed by atoms with Crippen molar-refractivity contribution in [1.82, 2.24) is 5.32 Å². The number of halogens is 1. The van der Waals surface area contributed by atoms with E-state index in [9.17, 15) is 0 Å². The highest BCUT2D eigenvalue weighted by Gasteiger charge is 2.15. The Kier molecular flexibility index (Phi) is 9.43. The van der Waals surface area contributed by atoms with E-state index in [2.05, 4.69) is 21.8 Å². The minimum Gasteiger partial charge on any atom is -0.493 e. The van der Waals surface area contributed by atoms with Crippen LogP contribution in [0.15, 0.2) is 34.6 Å². The second kappa shape index (κ2) is 11.0. The van der Waals surface area contributed by atoms with Gasteiger partial charge in [0.15, 0.2) is 17.5 Å². The van der Waals surface area contributed by atoms with Gasteiger partial charge in [0.2, 0.25) is 5.75 Å². The van der Waals surface area contributed by atoms with Crippen molar-refractivity contribution in [3.63, 3.8) is 0 Å². The molecule has 0 aliphatic rings. The van der Waals surface area contributed by atoms with Crippen LogP contribution in [0.4, 0.5) is 0 Å². The summed E-state index contributed by atoms with van der Waals surface area (Å²) in [5.41, 5.74) is 6.80. The Balaban J connectivity index is 0.00000312. The van der Waals surface area contributed by atoms with E-state index in [1.807, 2.05) is 18.2 Å². The number of hydrogen-bond acceptors (Lipinski definition) is 5. The minimum atomic E-state index is 0. The van der Waals surface area contributed by atoms with Gasteiger partial charge in [-0.2, -0.15) is 0 Å². The third-order valence-corrected chi connectivity index (χ3v) is 4.40. The lowest BCUT2D eigenvalue weighted by molar-refractivity contribution is 0.322. The van der Waals surface area contributed by atoms with Crippen molar-refractivity contribution in [2.24, 2.45) is 10.7 Å². The molecule has 1 heterocycles. The molecule has 0 radical (unpaired) electrons. The minimum absolute atomic E-state index is 0. The molecule has 25 heavy (non-hydrogen) atoms. The quantitative estimate of drug-likeness (QED) is 0.347. The molecule has 0 saturated heterocycles. The number of methoxy groups -OCH3 is 3. The van der Waals surface area contributed by atoms with Crippen molar-refractivity contribution in [1.29, 1.82) is 0 Å². The van der Waals surface area contributed by atoms with E-state index in [0.29, 0.717) is 29.8 Å². The summed E-state index contributed by atoms with van der Waals surface area (Å²) in [6.45, 7) is 1.14. The Hall–Kier alpha value is -1.68. The molecular weight excluding hydrogens is 453 g/mol. The van der Waals surface area contributed by atoms with Crippen LogP contribution in [-0.2, 0) is 13.0 Å². The van der Waals surface area contributed by atoms with Crippen LogP contribution in [0.1, 0.15) is 10.4 Å². The molecule has 0 bridgehead atoms. The van der Waals surface area contributed by atoms with E-state index in [1.54, 1.807) is 32.7 Å². The predicted octanol–water partition coefficient (Wildman–Crippen LogP) is 3.04. The number of thiophene rings is 1. The molecular formula is C17H24IN3O3S. The third-order valence-electron chi connectivity index (χ3n) is 3.46. The highest BCUT2D eigenvalue weighted by atomic mass is 127. The SMILES string of the molecule is COc1ccc(CN=C(N)NCCc2cccs2)c(OC)c1OC.I. The highest BCUT2D eigenvalue weighted by molar-refractivity contribution is 14.0. The molecule has 0 fully saturated rings. The summed E-state index contributed by atoms with van der Waals surface area (Å²) >= 11 is 1.73. The van der Waals surface area contributed by atoms with Crippen LogP contribution in [0.2, 0.25) is 0 Å². The van der Waals surface area contributed by atoms with Gasteiger partial charge in [0.05, 0.1) is 27.9 Å². The molecule has 0 spiro atoms. The summed E-state index contributed by atoms with van der Waals surface area (Å²) in [5, 5.41) is 5.18. The van der Waals surface area contributed by atoms with Crippen LogP contribution >= 0.6 is 35.3 Å². The van der Waals surface area contributed by atoms with Crippen molar-refractivity contribution in [3.8, 4) is 17.2 Å². The lowest BCUT2D eigenvalue weighted by Gasteiger charge is -2.15. The van der Waals surface area contributed by atoms with Gasteiger partial charge in [-0.1, -0.05) is 6.07 Å². The second-order valence-corrected chi connectivity index (χ2v) is 5.98. The lowest BCUT2D eigenvalue weighted by atomic mass is 10.1. The molecule has 2 rings (SSSR count). The monoisotopic (exact) mass is 477 g/mol. The zero-order valence-corrected chi connectivity index (χ0v) is 17.7. The Bertz CT molecular complexity index is 678. The Morgan fingerprint density at radius 1 is 1.12 bits per heavy atom. The standard InChI is InChI=1S/C17H23N3O3S.HI/c1-21-14-7-6-12(15(22-2)16(14)23-3)11-20-17(18)19-9-8-13-5-4-10-24-13;/h4-7,10H,8-9,11H2,1-3H3,(H3,18,19,20);1H. The van der Waals surface area contributed by atoms with Crippen LogP contribution in [0.5, 0.6) is 17.2 Å². The van der Waals surface area contributed by atoms with Gasteiger partial charge in [0.25, 0.3) is 0 Å². The van der Waals surface area contributed by atoms with Gasteiger partial charge in [-0.25, -0.2) is 4.99 Å². The molecule has 8 heteroatoms. The third kappa shape index (κ3) is 5.96. The van der Waals surface area contributed by atoms with Crippen LogP contribution < -0.4 is 25.3 Å². The molecule has 0 aliphatic carbocycles. The highest BCUT2D eigenvalue weighted by Crippen LogP contribution is 2.39. The first-order valence-electron chi connectivity index (χ1n) is 7.53. The Morgan fingerprint density at radius 2 is 1.88 bits per heavy atom. The fourth-order valence-corrected chi connectivity index (χ4v) is 2.99. The van der Waals surface area contributed by atoms with Gasteiger partial charge < -0.3 is 25.3 Å². The topological polar surface area (TPSA) is 78.1 Å². The zero-order chi connectivity index (χ0) is 17.4. The smallest absolute Gasteiger partial charge is 0.203 e. The van der Waals surface area contributed by atoms with Crippen molar-refractivity contribution >= 4 is 41.3 Å². The maximum Gasteiger partial charge on any atom is 0.203 e. The average molecular weight is 477 g/mol. The number of rotatable bonds is 8. The molecule has 3 N–H and O–H groups in total. The first-order valence-corrected chi connectivity index (χ1v) is 8.41. The van der Waals surface area contributed by atoms with E-state index in [-0.39, 0.29) is 24.0 Å². The van der Waals surface area contributed by atoms with Gasteiger partial charge in [0, 0.05) is 17.0 Å². The van der Waals surface area contributed by atoms with E-state index in [1.165, 1.54) is 4.88 Å². The Labute approximate surface area is 169 Å². The molecule has 1 aromatic carbocycles. The largest absolute Gasteiger partial charge is 0.493 e. The maximum atomic E-state index is 5.92. The molecule has 0 aliphatic heterocycles. The van der Waals surface area contributed by atoms with Crippen LogP contribution in [0.25, 0.3) is 0 Å². The van der Waals surface area contributed by atoms with Crippen LogP contribution in [0, 0.1) is 0 Å². The molecule has 0 amide bonds. The van der Waals surface area contributed by atoms with Gasteiger partial charge >= 0.3 is 0 Å². The first kappa shape index (κ1) is 21.4. The molecule has 0 atom stereocenters. The molecule has 1 aromatic heterocycles. The number of nitrogens with zero attached hydrogens (tertiary/aromatic N) is 1. The maximum absolute atomic E-state index is 5.92. The van der Waals surface area contributed by atoms with E-state index in [0.717, 1.165) is 18.5 Å². The normalized spacial score (nSPS) is 10.8. The molecule has 6 nitrogen and oxygen atoms in total. The van der Waals surface area contributed by atoms with Crippen molar-refractivity contribution in [2.45, 2.75) is 13.0 Å². The summed E-state index contributed by atoms with van der Waals surface area (Å²) in [6.07, 6.45) is 0.924. The van der Waals surface area contributed by atoms with Crippen LogP contribution in [0.3, 0.4) is 0 Å². The number of ether oxygens (including phenoxy) is 3.